The molecule has 0 atom stereocenters. The third-order valence-corrected chi connectivity index (χ3v) is 2.04. The number of methoxy groups -OCH3 is 1. The van der Waals surface area contributed by atoms with Crippen LogP contribution in [0, 0.1) is 6.92 Å². The second kappa shape index (κ2) is 6.39. The predicted octanol–water partition coefficient (Wildman–Crippen LogP) is 1.78. The van der Waals surface area contributed by atoms with Crippen LogP contribution in [0.25, 0.3) is 0 Å². The first-order valence-corrected chi connectivity index (χ1v) is 5.18. The van der Waals surface area contributed by atoms with Crippen LogP contribution in [0.2, 0.25) is 0 Å². The quantitative estimate of drug-likeness (QED) is 0.795. The molecule has 0 saturated carbocycles. The van der Waals surface area contributed by atoms with Crippen molar-refractivity contribution in [2.45, 2.75) is 13.1 Å². The summed E-state index contributed by atoms with van der Waals surface area (Å²) < 4.78 is 44.8. The van der Waals surface area contributed by atoms with Crippen LogP contribution in [0.5, 0.6) is 5.88 Å². The highest BCUT2D eigenvalue weighted by atomic mass is 19.4. The lowest BCUT2D eigenvalue weighted by Gasteiger charge is -2.11. The van der Waals surface area contributed by atoms with Gasteiger partial charge >= 0.3 is 6.18 Å². The minimum absolute atomic E-state index is 0.0642. The van der Waals surface area contributed by atoms with Gasteiger partial charge in [-0.05, 0) is 6.92 Å². The zero-order valence-corrected chi connectivity index (χ0v) is 10.0. The Bertz CT molecular complexity index is 385. The van der Waals surface area contributed by atoms with Crippen molar-refractivity contribution in [2.75, 3.05) is 32.2 Å². The van der Waals surface area contributed by atoms with Crippen molar-refractivity contribution in [2.24, 2.45) is 0 Å². The van der Waals surface area contributed by atoms with Gasteiger partial charge in [0, 0.05) is 6.54 Å². The van der Waals surface area contributed by atoms with E-state index in [0.29, 0.717) is 17.3 Å². The van der Waals surface area contributed by atoms with E-state index in [1.165, 1.54) is 13.4 Å². The molecule has 0 aliphatic carbocycles. The summed E-state index contributed by atoms with van der Waals surface area (Å²) in [5.74, 6) is 0.932. The first-order valence-electron chi connectivity index (χ1n) is 5.18. The number of anilines is 1. The molecule has 0 saturated heterocycles. The zero-order chi connectivity index (χ0) is 13.6. The van der Waals surface area contributed by atoms with Crippen molar-refractivity contribution in [1.82, 2.24) is 9.97 Å². The monoisotopic (exact) mass is 265 g/mol. The van der Waals surface area contributed by atoms with E-state index in [1.807, 2.05) is 0 Å². The number of nitrogens with one attached hydrogen (secondary N) is 1. The van der Waals surface area contributed by atoms with E-state index in [2.05, 4.69) is 20.0 Å². The molecule has 0 fully saturated rings. The molecule has 8 heteroatoms. The van der Waals surface area contributed by atoms with E-state index >= 15 is 0 Å². The zero-order valence-electron chi connectivity index (χ0n) is 10.0. The van der Waals surface area contributed by atoms with Crippen molar-refractivity contribution in [3.05, 3.63) is 11.9 Å². The molecule has 0 aliphatic heterocycles. The smallest absolute Gasteiger partial charge is 0.411 e. The summed E-state index contributed by atoms with van der Waals surface area (Å²) in [6.45, 7) is 0.654. The van der Waals surface area contributed by atoms with Gasteiger partial charge in [-0.1, -0.05) is 0 Å². The third-order valence-electron chi connectivity index (χ3n) is 2.04. The molecule has 0 aliphatic rings. The fourth-order valence-corrected chi connectivity index (χ4v) is 1.25. The highest BCUT2D eigenvalue weighted by Crippen LogP contribution is 2.19. The van der Waals surface area contributed by atoms with Gasteiger partial charge in [-0.15, -0.1) is 0 Å². The highest BCUT2D eigenvalue weighted by Gasteiger charge is 2.27. The van der Waals surface area contributed by atoms with E-state index in [4.69, 9.17) is 4.74 Å². The SMILES string of the molecule is COc1ncnc(NCCOCC(F)(F)F)c1C. The molecular weight excluding hydrogens is 251 g/mol. The number of nitrogens with zero attached hydrogens (tertiary/aromatic N) is 2. The van der Waals surface area contributed by atoms with Gasteiger partial charge in [-0.2, -0.15) is 13.2 Å². The number of alkyl halides is 3. The Morgan fingerprint density at radius 2 is 2.06 bits per heavy atom. The summed E-state index contributed by atoms with van der Waals surface area (Å²) >= 11 is 0. The molecule has 0 amide bonds. The van der Waals surface area contributed by atoms with E-state index in [1.54, 1.807) is 6.92 Å². The molecule has 0 unspecified atom stereocenters. The maximum Gasteiger partial charge on any atom is 0.411 e. The second-order valence-corrected chi connectivity index (χ2v) is 3.45. The van der Waals surface area contributed by atoms with Crippen LogP contribution in [0.15, 0.2) is 6.33 Å². The third kappa shape index (κ3) is 4.74. The first-order chi connectivity index (χ1) is 8.44. The van der Waals surface area contributed by atoms with E-state index in [9.17, 15) is 13.2 Å². The molecule has 1 aromatic heterocycles. The molecule has 18 heavy (non-hydrogen) atoms. The topological polar surface area (TPSA) is 56.3 Å². The number of ether oxygens (including phenoxy) is 2. The molecule has 102 valence electrons. The van der Waals surface area contributed by atoms with Crippen molar-refractivity contribution < 1.29 is 22.6 Å². The Hall–Kier alpha value is -1.57. The van der Waals surface area contributed by atoms with Gasteiger partial charge in [0.2, 0.25) is 5.88 Å². The summed E-state index contributed by atoms with van der Waals surface area (Å²) in [5, 5.41) is 2.85. The van der Waals surface area contributed by atoms with Gasteiger partial charge in [-0.25, -0.2) is 9.97 Å². The Balaban J connectivity index is 2.36. The molecule has 5 nitrogen and oxygen atoms in total. The fourth-order valence-electron chi connectivity index (χ4n) is 1.25. The van der Waals surface area contributed by atoms with Crippen molar-refractivity contribution >= 4 is 5.82 Å². The summed E-state index contributed by atoms with van der Waals surface area (Å²) in [6.07, 6.45) is -2.99. The molecule has 0 radical (unpaired) electrons. The fraction of sp³-hybridized carbons (Fsp3) is 0.600. The standard InChI is InChI=1S/C10H14F3N3O2/c1-7-8(15-6-16-9(7)17-2)14-3-4-18-5-10(11,12)13/h6H,3-5H2,1-2H3,(H,14,15,16). The Kier molecular flexibility index (Phi) is 5.14. The largest absolute Gasteiger partial charge is 0.481 e. The van der Waals surface area contributed by atoms with Crippen molar-refractivity contribution in [3.63, 3.8) is 0 Å². The Labute approximate surface area is 102 Å². The summed E-state index contributed by atoms with van der Waals surface area (Å²) in [5.41, 5.74) is 0.691. The van der Waals surface area contributed by atoms with Crippen LogP contribution in [-0.4, -0.2) is 43.0 Å². The number of hydrogen-bond donors (Lipinski definition) is 1. The molecule has 0 bridgehead atoms. The van der Waals surface area contributed by atoms with Gasteiger partial charge in [-0.3, -0.25) is 0 Å². The molecule has 0 spiro atoms. The lowest BCUT2D eigenvalue weighted by molar-refractivity contribution is -0.172. The molecule has 1 rings (SSSR count). The van der Waals surface area contributed by atoms with Gasteiger partial charge < -0.3 is 14.8 Å². The summed E-state index contributed by atoms with van der Waals surface area (Å²) in [6, 6.07) is 0. The van der Waals surface area contributed by atoms with Gasteiger partial charge in [0.1, 0.15) is 18.8 Å². The number of hydrogen-bond acceptors (Lipinski definition) is 5. The summed E-state index contributed by atoms with van der Waals surface area (Å²) in [7, 11) is 1.48. The van der Waals surface area contributed by atoms with Crippen LogP contribution in [0.4, 0.5) is 19.0 Å². The molecule has 1 heterocycles. The van der Waals surface area contributed by atoms with Gasteiger partial charge in [0.25, 0.3) is 0 Å². The molecular formula is C10H14F3N3O2. The number of aromatic nitrogens is 2. The summed E-state index contributed by atoms with van der Waals surface area (Å²) in [4.78, 5) is 7.83. The first kappa shape index (κ1) is 14.5. The van der Waals surface area contributed by atoms with Crippen molar-refractivity contribution in [3.8, 4) is 5.88 Å². The molecule has 0 aromatic carbocycles. The highest BCUT2D eigenvalue weighted by molar-refractivity contribution is 5.47. The maximum absolute atomic E-state index is 11.8. The van der Waals surface area contributed by atoms with Crippen molar-refractivity contribution in [1.29, 1.82) is 0 Å². The number of halogens is 3. The van der Waals surface area contributed by atoms with Gasteiger partial charge in [0.15, 0.2) is 0 Å². The van der Waals surface area contributed by atoms with Gasteiger partial charge in [0.05, 0.1) is 19.3 Å². The average Bonchev–Trinajstić information content (AvgIpc) is 2.29. The number of rotatable bonds is 6. The average molecular weight is 265 g/mol. The van der Waals surface area contributed by atoms with Crippen LogP contribution >= 0.6 is 0 Å². The van der Waals surface area contributed by atoms with Crippen LogP contribution < -0.4 is 10.1 Å². The van der Waals surface area contributed by atoms with E-state index in [-0.39, 0.29) is 13.2 Å². The molecule has 1 aromatic rings. The Morgan fingerprint density at radius 1 is 1.33 bits per heavy atom. The maximum atomic E-state index is 11.8. The minimum Gasteiger partial charge on any atom is -0.481 e. The Morgan fingerprint density at radius 3 is 2.67 bits per heavy atom. The molecule has 1 N–H and O–H groups in total. The lowest BCUT2D eigenvalue weighted by Crippen LogP contribution is -2.20. The van der Waals surface area contributed by atoms with E-state index < -0.39 is 12.8 Å². The van der Waals surface area contributed by atoms with Crippen LogP contribution in [0.1, 0.15) is 5.56 Å². The second-order valence-electron chi connectivity index (χ2n) is 3.45. The lowest BCUT2D eigenvalue weighted by atomic mass is 10.3. The van der Waals surface area contributed by atoms with Crippen LogP contribution in [0.3, 0.4) is 0 Å². The van der Waals surface area contributed by atoms with Crippen LogP contribution in [-0.2, 0) is 4.74 Å². The minimum atomic E-state index is -4.30. The van der Waals surface area contributed by atoms with E-state index in [0.717, 1.165) is 0 Å². The predicted molar refractivity (Wildman–Crippen MR) is 58.7 cm³/mol. The normalized spacial score (nSPS) is 11.4.